The van der Waals surface area contributed by atoms with Crippen LogP contribution in [-0.4, -0.2) is 0 Å². The fourth-order valence-electron chi connectivity index (χ4n) is 12.3. The van der Waals surface area contributed by atoms with Gasteiger partial charge in [-0.15, -0.1) is 22.7 Å². The van der Waals surface area contributed by atoms with E-state index in [4.69, 9.17) is 0 Å². The highest BCUT2D eigenvalue weighted by atomic mass is 32.1. The van der Waals surface area contributed by atoms with Gasteiger partial charge in [0.05, 0.1) is 0 Å². The number of unbranched alkanes of at least 4 members (excludes halogenated alkanes) is 28. The van der Waals surface area contributed by atoms with Crippen molar-refractivity contribution in [3.63, 3.8) is 0 Å². The van der Waals surface area contributed by atoms with Gasteiger partial charge < -0.3 is 0 Å². The summed E-state index contributed by atoms with van der Waals surface area (Å²) in [5.74, 6) is 0. The first-order chi connectivity index (χ1) is 35.6. The maximum Gasteiger partial charge on any atom is 0.0362 e. The minimum absolute atomic E-state index is 1.23. The van der Waals surface area contributed by atoms with Crippen LogP contribution in [0.1, 0.15) is 255 Å². The number of hydrogen-bond donors (Lipinski definition) is 0. The molecule has 8 rings (SSSR count). The zero-order valence-corrected chi connectivity index (χ0v) is 47.8. The summed E-state index contributed by atoms with van der Waals surface area (Å²) in [6.45, 7) is 9.29. The molecule has 388 valence electrons. The fourth-order valence-corrected chi connectivity index (χ4v) is 14.6. The summed E-state index contributed by atoms with van der Waals surface area (Å²) in [6, 6.07) is 30.7. The average Bonchev–Trinajstić information content (AvgIpc) is 3.91. The number of fused-ring (bicyclic) bond motifs is 9. The molecule has 2 heteroatoms. The molecule has 0 atom stereocenters. The van der Waals surface area contributed by atoms with Crippen molar-refractivity contribution in [1.82, 2.24) is 0 Å². The first-order valence-electron chi connectivity index (χ1n) is 30.7. The Labute approximate surface area is 446 Å². The van der Waals surface area contributed by atoms with Gasteiger partial charge in [-0.1, -0.05) is 232 Å². The highest BCUT2D eigenvalue weighted by Gasteiger charge is 2.16. The second-order valence-electron chi connectivity index (χ2n) is 22.8. The van der Waals surface area contributed by atoms with Crippen molar-refractivity contribution < 1.29 is 0 Å². The van der Waals surface area contributed by atoms with Crippen molar-refractivity contribution in [2.75, 3.05) is 0 Å². The van der Waals surface area contributed by atoms with E-state index >= 15 is 0 Å². The highest BCUT2D eigenvalue weighted by molar-refractivity contribution is 7.27. The monoisotopic (exact) mass is 1000 g/mol. The molecule has 2 heterocycles. The van der Waals surface area contributed by atoms with E-state index in [0.717, 1.165) is 0 Å². The molecule has 0 N–H and O–H groups in total. The standard InChI is InChI=1S/C70H96S2/c1-5-9-13-17-21-23-25-27-31-35-37-53-41-57-45-60-48-64-66-52-69-65(51-70(66)72-68(64)50-62(60)46-58(57)42-54(53)38-36-32-28-26-24-22-18-14-10-6-2)63-47-59-43-55(39-33-29-19-15-11-7-3)56(40-34-30-20-16-12-8-4)44-61(59)49-67(63)71-69/h41-52H,5-40H2,1-4H3. The Bertz CT molecular complexity index is 2880. The lowest BCUT2D eigenvalue weighted by atomic mass is 9.91. The Balaban J connectivity index is 1.03. The molecule has 0 nitrogen and oxygen atoms in total. The Morgan fingerprint density at radius 2 is 0.417 bits per heavy atom. The largest absolute Gasteiger partial charge is 0.135 e. The molecule has 0 saturated carbocycles. The van der Waals surface area contributed by atoms with Crippen LogP contribution in [-0.2, 0) is 25.7 Å². The topological polar surface area (TPSA) is 0 Å². The molecule has 2 aromatic heterocycles. The summed E-state index contributed by atoms with van der Waals surface area (Å²) in [5, 5.41) is 14.2. The van der Waals surface area contributed by atoms with Crippen molar-refractivity contribution in [3.8, 4) is 0 Å². The zero-order chi connectivity index (χ0) is 49.7. The van der Waals surface area contributed by atoms with E-state index in [-0.39, 0.29) is 0 Å². The van der Waals surface area contributed by atoms with E-state index in [1.807, 2.05) is 22.7 Å². The lowest BCUT2D eigenvalue weighted by molar-refractivity contribution is 0.553. The number of rotatable bonds is 36. The number of aryl methyl sites for hydroxylation is 4. The van der Waals surface area contributed by atoms with Gasteiger partial charge in [-0.2, -0.15) is 0 Å². The van der Waals surface area contributed by atoms with Gasteiger partial charge in [-0.25, -0.2) is 0 Å². The molecule has 0 unspecified atom stereocenters. The van der Waals surface area contributed by atoms with Crippen LogP contribution in [0.4, 0.5) is 0 Å². The van der Waals surface area contributed by atoms with E-state index in [0.29, 0.717) is 0 Å². The summed E-state index contributed by atoms with van der Waals surface area (Å²) in [7, 11) is 0. The zero-order valence-electron chi connectivity index (χ0n) is 46.2. The quantitative estimate of drug-likeness (QED) is 0.0271. The van der Waals surface area contributed by atoms with Gasteiger partial charge in [0.15, 0.2) is 0 Å². The Kier molecular flexibility index (Phi) is 22.5. The predicted octanol–water partition coefficient (Wildman–Crippen LogP) is 24.6. The summed E-state index contributed by atoms with van der Waals surface area (Å²) >= 11 is 4.01. The Hall–Kier alpha value is -3.46. The maximum absolute atomic E-state index is 2.62. The van der Waals surface area contributed by atoms with Crippen LogP contribution in [0.15, 0.2) is 72.8 Å². The van der Waals surface area contributed by atoms with Gasteiger partial charge >= 0.3 is 0 Å². The Morgan fingerprint density at radius 3 is 0.722 bits per heavy atom. The molecule has 72 heavy (non-hydrogen) atoms. The average molecular weight is 1000 g/mol. The van der Waals surface area contributed by atoms with Gasteiger partial charge in [0.2, 0.25) is 0 Å². The molecule has 0 aliphatic carbocycles. The number of hydrogen-bond acceptors (Lipinski definition) is 2. The van der Waals surface area contributed by atoms with Crippen LogP contribution >= 0.6 is 22.7 Å². The van der Waals surface area contributed by atoms with Gasteiger partial charge in [-0.05, 0) is 154 Å². The lowest BCUT2D eigenvalue weighted by Gasteiger charge is -2.13. The second-order valence-corrected chi connectivity index (χ2v) is 24.9. The third-order valence-corrected chi connectivity index (χ3v) is 19.0. The fraction of sp³-hybridized carbons (Fsp3) is 0.571. The first-order valence-corrected chi connectivity index (χ1v) is 32.4. The first kappa shape index (κ1) is 54.8. The molecular formula is C70H96S2. The van der Waals surface area contributed by atoms with Gasteiger partial charge in [0.1, 0.15) is 0 Å². The molecule has 0 spiro atoms. The highest BCUT2D eigenvalue weighted by Crippen LogP contribution is 2.44. The normalized spacial score (nSPS) is 12.2. The Morgan fingerprint density at radius 1 is 0.208 bits per heavy atom. The summed E-state index contributed by atoms with van der Waals surface area (Å²) in [5.41, 5.74) is 6.49. The van der Waals surface area contributed by atoms with Crippen molar-refractivity contribution >= 4 is 95.3 Å². The molecule has 0 fully saturated rings. The number of thiophene rings is 2. The van der Waals surface area contributed by atoms with Crippen LogP contribution < -0.4 is 0 Å². The molecule has 0 radical (unpaired) electrons. The molecule has 6 aromatic carbocycles. The van der Waals surface area contributed by atoms with Gasteiger partial charge in [0, 0.05) is 40.3 Å². The maximum atomic E-state index is 2.62. The summed E-state index contributed by atoms with van der Waals surface area (Å²) in [4.78, 5) is 0. The molecule has 0 aliphatic heterocycles. The molecule has 0 saturated heterocycles. The summed E-state index contributed by atoms with van der Waals surface area (Å²) < 4.78 is 5.71. The van der Waals surface area contributed by atoms with Crippen LogP contribution in [0.5, 0.6) is 0 Å². The van der Waals surface area contributed by atoms with E-state index in [1.54, 1.807) is 22.3 Å². The van der Waals surface area contributed by atoms with Crippen LogP contribution in [0.3, 0.4) is 0 Å². The SMILES string of the molecule is CCCCCCCCCCCCc1cc2cc3cc4sc5cc6c(cc5c4cc3cc2cc1CCCCCCCCCCCC)sc1cc2cc(CCCCCCCC)c(CCCCCCCC)cc2cc16. The van der Waals surface area contributed by atoms with Crippen LogP contribution in [0.25, 0.3) is 72.7 Å². The lowest BCUT2D eigenvalue weighted by Crippen LogP contribution is -1.97. The molecule has 8 aromatic rings. The minimum Gasteiger partial charge on any atom is -0.135 e. The van der Waals surface area contributed by atoms with Gasteiger partial charge in [0.25, 0.3) is 0 Å². The molecule has 0 amide bonds. The third kappa shape index (κ3) is 15.3. The van der Waals surface area contributed by atoms with Crippen LogP contribution in [0, 0.1) is 0 Å². The van der Waals surface area contributed by atoms with Gasteiger partial charge in [-0.3, -0.25) is 0 Å². The van der Waals surface area contributed by atoms with Crippen LogP contribution in [0.2, 0.25) is 0 Å². The van der Waals surface area contributed by atoms with E-state index in [1.165, 1.54) is 304 Å². The second kappa shape index (κ2) is 29.6. The third-order valence-electron chi connectivity index (χ3n) is 16.8. The minimum atomic E-state index is 1.23. The smallest absolute Gasteiger partial charge is 0.0362 e. The number of benzene rings is 6. The van der Waals surface area contributed by atoms with E-state index in [2.05, 4.69) is 100 Å². The molecular weight excluding hydrogens is 905 g/mol. The van der Waals surface area contributed by atoms with Crippen molar-refractivity contribution in [1.29, 1.82) is 0 Å². The predicted molar refractivity (Wildman–Crippen MR) is 330 cm³/mol. The molecule has 0 aliphatic rings. The summed E-state index contributed by atoms with van der Waals surface area (Å²) in [6.07, 6.45) is 49.2. The van der Waals surface area contributed by atoms with Crippen molar-refractivity contribution in [2.45, 2.75) is 259 Å². The molecule has 0 bridgehead atoms. The van der Waals surface area contributed by atoms with Crippen molar-refractivity contribution in [2.24, 2.45) is 0 Å². The van der Waals surface area contributed by atoms with E-state index in [9.17, 15) is 0 Å². The van der Waals surface area contributed by atoms with Crippen molar-refractivity contribution in [3.05, 3.63) is 95.1 Å². The van der Waals surface area contributed by atoms with E-state index < -0.39 is 0 Å².